The maximum atomic E-state index is 12.4. The lowest BCUT2D eigenvalue weighted by Gasteiger charge is -2.31. The first-order valence-corrected chi connectivity index (χ1v) is 8.85. The number of carbonyl (C=O) groups excluding carboxylic acids is 1. The third-order valence-electron chi connectivity index (χ3n) is 3.68. The van der Waals surface area contributed by atoms with Gasteiger partial charge in [-0.05, 0) is 46.0 Å². The molecule has 0 aromatic rings. The number of aliphatic hydroxyl groups is 1. The highest BCUT2D eigenvalue weighted by atomic mass is 16.6. The number of nitrogens with two attached hydrogens (primary N) is 1. The summed E-state index contributed by atoms with van der Waals surface area (Å²) < 4.78 is 5.44. The molecule has 0 bridgehead atoms. The number of aliphatic hydroxyl groups excluding tert-OH is 1. The van der Waals surface area contributed by atoms with Crippen LogP contribution in [0.25, 0.3) is 0 Å². The molecule has 1 rings (SSSR count). The highest BCUT2D eigenvalue weighted by Gasteiger charge is 2.27. The minimum Gasteiger partial charge on any atom is -0.444 e. The van der Waals surface area contributed by atoms with Crippen molar-refractivity contribution >= 4 is 6.09 Å². The van der Waals surface area contributed by atoms with E-state index in [-0.39, 0.29) is 12.5 Å². The van der Waals surface area contributed by atoms with Crippen LogP contribution in [0.2, 0.25) is 0 Å². The Labute approximate surface area is 146 Å². The van der Waals surface area contributed by atoms with Crippen molar-refractivity contribution in [2.45, 2.75) is 71.6 Å². The Bertz CT molecular complexity index is 464. The van der Waals surface area contributed by atoms with Crippen molar-refractivity contribution < 1.29 is 14.6 Å². The molecule has 2 atom stereocenters. The zero-order chi connectivity index (χ0) is 18.3. The minimum atomic E-state index is -0.785. The van der Waals surface area contributed by atoms with Gasteiger partial charge >= 0.3 is 6.09 Å². The summed E-state index contributed by atoms with van der Waals surface area (Å²) in [6.07, 6.45) is 7.85. The largest absolute Gasteiger partial charge is 0.444 e. The Hall–Kier alpha value is -1.33. The molecule has 5 heteroatoms. The molecule has 0 aromatic heterocycles. The molecule has 0 radical (unpaired) electrons. The zero-order valence-electron chi connectivity index (χ0n) is 15.8. The third kappa shape index (κ3) is 7.97. The highest BCUT2D eigenvalue weighted by Crippen LogP contribution is 2.17. The molecule has 24 heavy (non-hydrogen) atoms. The average molecular weight is 338 g/mol. The van der Waals surface area contributed by atoms with Gasteiger partial charge in [-0.15, -0.1) is 0 Å². The van der Waals surface area contributed by atoms with Crippen molar-refractivity contribution in [2.75, 3.05) is 13.1 Å². The van der Waals surface area contributed by atoms with Crippen molar-refractivity contribution in [3.05, 3.63) is 23.8 Å². The number of ether oxygens (including phenoxy) is 1. The highest BCUT2D eigenvalue weighted by molar-refractivity contribution is 5.68. The summed E-state index contributed by atoms with van der Waals surface area (Å²) in [5.74, 6) is 0.282. The fourth-order valence-electron chi connectivity index (χ4n) is 2.58. The van der Waals surface area contributed by atoms with Crippen LogP contribution in [0.3, 0.4) is 0 Å². The fourth-order valence-corrected chi connectivity index (χ4v) is 2.58. The molecule has 0 spiro atoms. The molecule has 0 saturated heterocycles. The van der Waals surface area contributed by atoms with Gasteiger partial charge < -0.3 is 20.5 Å². The SMILES string of the molecule is CC(C)CN(C[C@@H](O)[C@@H](N)CC1=CCCC=C1)C(=O)OC(C)(C)C. The lowest BCUT2D eigenvalue weighted by molar-refractivity contribution is 0.00945. The lowest BCUT2D eigenvalue weighted by atomic mass is 9.97. The van der Waals surface area contributed by atoms with E-state index in [0.29, 0.717) is 13.0 Å². The van der Waals surface area contributed by atoms with Crippen molar-refractivity contribution in [1.82, 2.24) is 4.90 Å². The van der Waals surface area contributed by atoms with Crippen LogP contribution in [0.15, 0.2) is 23.8 Å². The van der Waals surface area contributed by atoms with E-state index in [2.05, 4.69) is 18.2 Å². The Morgan fingerprint density at radius 2 is 2.00 bits per heavy atom. The van der Waals surface area contributed by atoms with Gasteiger partial charge in [0.15, 0.2) is 0 Å². The Kier molecular flexibility index (Phi) is 7.97. The van der Waals surface area contributed by atoms with Crippen molar-refractivity contribution in [3.63, 3.8) is 0 Å². The molecular weight excluding hydrogens is 304 g/mol. The minimum absolute atomic E-state index is 0.186. The van der Waals surface area contributed by atoms with Gasteiger partial charge in [0.05, 0.1) is 12.6 Å². The van der Waals surface area contributed by atoms with E-state index >= 15 is 0 Å². The molecule has 5 nitrogen and oxygen atoms in total. The molecule has 1 aliphatic rings. The normalized spacial score (nSPS) is 17.4. The Morgan fingerprint density at radius 3 is 2.50 bits per heavy atom. The smallest absolute Gasteiger partial charge is 0.410 e. The summed E-state index contributed by atoms with van der Waals surface area (Å²) >= 11 is 0. The van der Waals surface area contributed by atoms with Crippen molar-refractivity contribution in [2.24, 2.45) is 11.7 Å². The van der Waals surface area contributed by atoms with Crippen LogP contribution >= 0.6 is 0 Å². The molecule has 0 fully saturated rings. The molecular formula is C19H34N2O3. The van der Waals surface area contributed by atoms with Gasteiger partial charge in [-0.3, -0.25) is 0 Å². The fraction of sp³-hybridized carbons (Fsp3) is 0.737. The second kappa shape index (κ2) is 9.23. The van der Waals surface area contributed by atoms with Crippen LogP contribution in [0.5, 0.6) is 0 Å². The topological polar surface area (TPSA) is 75.8 Å². The van der Waals surface area contributed by atoms with Gasteiger partial charge in [0, 0.05) is 12.6 Å². The standard InChI is InChI=1S/C19H34N2O3/c1-14(2)12-21(18(23)24-19(3,4)5)13-17(22)16(20)11-15-9-7-6-8-10-15/h7,9-10,14,16-17,22H,6,8,11-13,20H2,1-5H3/t16-,17+/m0/s1. The summed E-state index contributed by atoms with van der Waals surface area (Å²) in [6, 6.07) is -0.406. The van der Waals surface area contributed by atoms with Crippen molar-refractivity contribution in [1.29, 1.82) is 0 Å². The summed E-state index contributed by atoms with van der Waals surface area (Å²) in [7, 11) is 0. The summed E-state index contributed by atoms with van der Waals surface area (Å²) in [6.45, 7) is 10.3. The molecule has 0 aliphatic heterocycles. The van der Waals surface area contributed by atoms with E-state index in [1.165, 1.54) is 0 Å². The summed E-state index contributed by atoms with van der Waals surface area (Å²) in [5, 5.41) is 10.5. The van der Waals surface area contributed by atoms with Gasteiger partial charge in [-0.2, -0.15) is 0 Å². The second-order valence-electron chi connectivity index (χ2n) is 7.97. The zero-order valence-corrected chi connectivity index (χ0v) is 15.8. The third-order valence-corrected chi connectivity index (χ3v) is 3.68. The maximum Gasteiger partial charge on any atom is 0.410 e. The van der Waals surface area contributed by atoms with E-state index in [0.717, 1.165) is 18.4 Å². The van der Waals surface area contributed by atoms with Gasteiger partial charge in [0.2, 0.25) is 0 Å². The van der Waals surface area contributed by atoms with Crippen LogP contribution in [0, 0.1) is 5.92 Å². The molecule has 3 N–H and O–H groups in total. The van der Waals surface area contributed by atoms with Gasteiger partial charge in [0.25, 0.3) is 0 Å². The number of hydrogen-bond acceptors (Lipinski definition) is 4. The van der Waals surface area contributed by atoms with Crippen LogP contribution in [0.1, 0.15) is 53.9 Å². The predicted molar refractivity (Wildman–Crippen MR) is 97.7 cm³/mol. The van der Waals surface area contributed by atoms with Crippen LogP contribution in [-0.2, 0) is 4.74 Å². The van der Waals surface area contributed by atoms with E-state index in [9.17, 15) is 9.90 Å². The molecule has 1 amide bonds. The second-order valence-corrected chi connectivity index (χ2v) is 7.97. The van der Waals surface area contributed by atoms with E-state index in [1.807, 2.05) is 34.6 Å². The quantitative estimate of drug-likeness (QED) is 0.747. The number of rotatable bonds is 7. The van der Waals surface area contributed by atoms with Gasteiger partial charge in [-0.25, -0.2) is 4.79 Å². The van der Waals surface area contributed by atoms with E-state index in [1.54, 1.807) is 4.90 Å². The van der Waals surface area contributed by atoms with Crippen LogP contribution in [-0.4, -0.2) is 46.9 Å². The molecule has 0 heterocycles. The molecule has 138 valence electrons. The first-order valence-electron chi connectivity index (χ1n) is 8.85. The Morgan fingerprint density at radius 1 is 1.33 bits per heavy atom. The van der Waals surface area contributed by atoms with Crippen LogP contribution in [0.4, 0.5) is 4.79 Å². The van der Waals surface area contributed by atoms with Crippen LogP contribution < -0.4 is 5.73 Å². The number of nitrogens with zero attached hydrogens (tertiary/aromatic N) is 1. The molecule has 0 saturated carbocycles. The average Bonchev–Trinajstić information content (AvgIpc) is 2.45. The predicted octanol–water partition coefficient (Wildman–Crippen LogP) is 3.23. The summed E-state index contributed by atoms with van der Waals surface area (Å²) in [4.78, 5) is 13.9. The monoisotopic (exact) mass is 338 g/mol. The number of hydrogen-bond donors (Lipinski definition) is 2. The lowest BCUT2D eigenvalue weighted by Crippen LogP contribution is -2.48. The van der Waals surface area contributed by atoms with E-state index in [4.69, 9.17) is 10.5 Å². The molecule has 1 aliphatic carbocycles. The van der Waals surface area contributed by atoms with Gasteiger partial charge in [0.1, 0.15) is 5.60 Å². The number of amides is 1. The van der Waals surface area contributed by atoms with E-state index < -0.39 is 23.8 Å². The number of carbonyl (C=O) groups is 1. The number of allylic oxidation sites excluding steroid dienone is 3. The summed E-state index contributed by atoms with van der Waals surface area (Å²) in [5.41, 5.74) is 6.75. The molecule has 0 aromatic carbocycles. The molecule has 0 unspecified atom stereocenters. The first kappa shape index (κ1) is 20.7. The van der Waals surface area contributed by atoms with Gasteiger partial charge in [-0.1, -0.05) is 37.6 Å². The Balaban J connectivity index is 2.64. The maximum absolute atomic E-state index is 12.4. The van der Waals surface area contributed by atoms with Crippen molar-refractivity contribution in [3.8, 4) is 0 Å². The first-order chi connectivity index (χ1) is 11.1.